The molecule has 0 aliphatic heterocycles. The molecular weight excluding hydrogens is 190 g/mol. The third-order valence-corrected chi connectivity index (χ3v) is 2.30. The Kier molecular flexibility index (Phi) is 4.81. The second-order valence-electron chi connectivity index (χ2n) is 3.55. The minimum Gasteiger partial charge on any atom is -0.466 e. The highest BCUT2D eigenvalue weighted by Crippen LogP contribution is 2.10. The zero-order chi connectivity index (χ0) is 11.1. The van der Waals surface area contributed by atoms with E-state index < -0.39 is 0 Å². The molecule has 0 aromatic carbocycles. The second-order valence-corrected chi connectivity index (χ2v) is 3.55. The van der Waals surface area contributed by atoms with Gasteiger partial charge in [0, 0.05) is 12.4 Å². The van der Waals surface area contributed by atoms with Gasteiger partial charge in [0.05, 0.1) is 12.5 Å². The molecule has 0 saturated carbocycles. The first-order valence-electron chi connectivity index (χ1n) is 5.29. The summed E-state index contributed by atoms with van der Waals surface area (Å²) in [5.74, 6) is -0.135. The van der Waals surface area contributed by atoms with E-state index in [4.69, 9.17) is 4.74 Å². The molecule has 1 aromatic heterocycles. The molecule has 0 aliphatic rings. The average Bonchev–Trinajstić information content (AvgIpc) is 2.27. The van der Waals surface area contributed by atoms with E-state index in [0.29, 0.717) is 6.61 Å². The Bertz CT molecular complexity index is 298. The smallest absolute Gasteiger partial charge is 0.308 e. The lowest BCUT2D eigenvalue weighted by Crippen LogP contribution is -2.15. The van der Waals surface area contributed by atoms with E-state index in [1.165, 1.54) is 5.56 Å². The molecule has 3 heteroatoms. The molecule has 0 aliphatic carbocycles. The maximum Gasteiger partial charge on any atom is 0.308 e. The third kappa shape index (κ3) is 4.11. The number of hydrogen-bond acceptors (Lipinski definition) is 3. The maximum absolute atomic E-state index is 11.3. The van der Waals surface area contributed by atoms with Crippen LogP contribution in [0.25, 0.3) is 0 Å². The van der Waals surface area contributed by atoms with Crippen molar-refractivity contribution < 1.29 is 9.53 Å². The van der Waals surface area contributed by atoms with Crippen molar-refractivity contribution in [2.75, 3.05) is 6.61 Å². The molecule has 0 spiro atoms. The molecule has 0 bridgehead atoms. The van der Waals surface area contributed by atoms with Gasteiger partial charge in [-0.05, 0) is 37.5 Å². The van der Waals surface area contributed by atoms with Crippen molar-refractivity contribution >= 4 is 5.97 Å². The topological polar surface area (TPSA) is 39.2 Å². The van der Waals surface area contributed by atoms with Gasteiger partial charge in [-0.2, -0.15) is 0 Å². The van der Waals surface area contributed by atoms with Crippen molar-refractivity contribution in [3.8, 4) is 0 Å². The Morgan fingerprint density at radius 3 is 2.73 bits per heavy atom. The lowest BCUT2D eigenvalue weighted by atomic mass is 10.0. The Hall–Kier alpha value is -1.38. The van der Waals surface area contributed by atoms with Gasteiger partial charge in [-0.3, -0.25) is 9.78 Å². The minimum absolute atomic E-state index is 0.0295. The van der Waals surface area contributed by atoms with E-state index in [1.807, 2.05) is 26.0 Å². The van der Waals surface area contributed by atoms with Gasteiger partial charge < -0.3 is 4.74 Å². The summed E-state index contributed by atoms with van der Waals surface area (Å²) in [6, 6.07) is 3.94. The first-order chi connectivity index (χ1) is 7.24. The molecule has 0 N–H and O–H groups in total. The fourth-order valence-corrected chi connectivity index (χ4v) is 1.33. The number of pyridine rings is 1. The number of rotatable bonds is 5. The van der Waals surface area contributed by atoms with Crippen LogP contribution >= 0.6 is 0 Å². The summed E-state index contributed by atoms with van der Waals surface area (Å²) in [5, 5.41) is 0. The highest BCUT2D eigenvalue weighted by molar-refractivity contribution is 5.71. The van der Waals surface area contributed by atoms with Crippen LogP contribution in [0.4, 0.5) is 0 Å². The minimum atomic E-state index is -0.105. The van der Waals surface area contributed by atoms with Gasteiger partial charge in [0.1, 0.15) is 0 Å². The van der Waals surface area contributed by atoms with E-state index in [2.05, 4.69) is 4.98 Å². The van der Waals surface area contributed by atoms with Crippen LogP contribution in [-0.2, 0) is 16.0 Å². The van der Waals surface area contributed by atoms with Gasteiger partial charge in [-0.1, -0.05) is 6.92 Å². The third-order valence-electron chi connectivity index (χ3n) is 2.30. The summed E-state index contributed by atoms with van der Waals surface area (Å²) in [6.45, 7) is 4.19. The summed E-state index contributed by atoms with van der Waals surface area (Å²) in [4.78, 5) is 15.3. The van der Waals surface area contributed by atoms with Crippen LogP contribution in [0.5, 0.6) is 0 Å². The lowest BCUT2D eigenvalue weighted by molar-refractivity contribution is -0.147. The van der Waals surface area contributed by atoms with Crippen molar-refractivity contribution in [2.45, 2.75) is 26.7 Å². The van der Waals surface area contributed by atoms with Crippen LogP contribution in [0.15, 0.2) is 24.5 Å². The van der Waals surface area contributed by atoms with E-state index in [-0.39, 0.29) is 11.9 Å². The second kappa shape index (κ2) is 6.17. The number of nitrogens with zero attached hydrogens (tertiary/aromatic N) is 1. The fraction of sp³-hybridized carbons (Fsp3) is 0.500. The van der Waals surface area contributed by atoms with E-state index in [0.717, 1.165) is 12.8 Å². The number of aryl methyl sites for hydroxylation is 1. The van der Waals surface area contributed by atoms with Crippen LogP contribution in [0.1, 0.15) is 25.8 Å². The van der Waals surface area contributed by atoms with Crippen molar-refractivity contribution in [3.05, 3.63) is 30.1 Å². The Balaban J connectivity index is 2.34. The molecule has 0 saturated heterocycles. The summed E-state index contributed by atoms with van der Waals surface area (Å²) in [5.41, 5.74) is 1.21. The van der Waals surface area contributed by atoms with Gasteiger partial charge in [0.25, 0.3) is 0 Å². The highest BCUT2D eigenvalue weighted by Gasteiger charge is 2.13. The fourth-order valence-electron chi connectivity index (χ4n) is 1.33. The van der Waals surface area contributed by atoms with E-state index >= 15 is 0 Å². The largest absolute Gasteiger partial charge is 0.466 e. The molecule has 1 aromatic rings. The predicted octanol–water partition coefficient (Wildman–Crippen LogP) is 2.21. The predicted molar refractivity (Wildman–Crippen MR) is 58.4 cm³/mol. The van der Waals surface area contributed by atoms with Crippen LogP contribution in [-0.4, -0.2) is 17.6 Å². The molecule has 0 amide bonds. The van der Waals surface area contributed by atoms with Gasteiger partial charge in [-0.15, -0.1) is 0 Å². The van der Waals surface area contributed by atoms with Crippen LogP contribution in [0.2, 0.25) is 0 Å². The molecule has 0 fully saturated rings. The van der Waals surface area contributed by atoms with Crippen LogP contribution < -0.4 is 0 Å². The lowest BCUT2D eigenvalue weighted by Gasteiger charge is -2.09. The first kappa shape index (κ1) is 11.7. The van der Waals surface area contributed by atoms with E-state index in [9.17, 15) is 4.79 Å². The molecule has 1 heterocycles. The number of aromatic nitrogens is 1. The molecule has 3 nitrogen and oxygen atoms in total. The molecule has 0 radical (unpaired) electrons. The van der Waals surface area contributed by atoms with Crippen LogP contribution in [0, 0.1) is 5.92 Å². The first-order valence-corrected chi connectivity index (χ1v) is 5.29. The number of carbonyl (C=O) groups excluding carboxylic acids is 1. The molecule has 0 unspecified atom stereocenters. The average molecular weight is 207 g/mol. The summed E-state index contributed by atoms with van der Waals surface area (Å²) >= 11 is 0. The summed E-state index contributed by atoms with van der Waals surface area (Å²) in [6.07, 6.45) is 5.25. The maximum atomic E-state index is 11.3. The van der Waals surface area contributed by atoms with Gasteiger partial charge in [0.15, 0.2) is 0 Å². The van der Waals surface area contributed by atoms with Crippen molar-refractivity contribution in [3.63, 3.8) is 0 Å². The molecular formula is C12H17NO2. The highest BCUT2D eigenvalue weighted by atomic mass is 16.5. The normalized spacial score (nSPS) is 12.1. The monoisotopic (exact) mass is 207 g/mol. The zero-order valence-corrected chi connectivity index (χ0v) is 9.27. The SMILES string of the molecule is CCOC(=O)[C@H](C)CCc1ccncc1. The molecule has 82 valence electrons. The zero-order valence-electron chi connectivity index (χ0n) is 9.27. The van der Waals surface area contributed by atoms with Crippen molar-refractivity contribution in [2.24, 2.45) is 5.92 Å². The standard InChI is InChI=1S/C12H17NO2/c1-3-15-12(14)10(2)4-5-11-6-8-13-9-7-11/h6-10H,3-5H2,1-2H3/t10-/m1/s1. The Labute approximate surface area is 90.5 Å². The molecule has 1 rings (SSSR count). The Morgan fingerprint density at radius 2 is 2.13 bits per heavy atom. The summed E-state index contributed by atoms with van der Waals surface area (Å²) < 4.78 is 4.94. The quantitative estimate of drug-likeness (QED) is 0.695. The van der Waals surface area contributed by atoms with Crippen LogP contribution in [0.3, 0.4) is 0 Å². The summed E-state index contributed by atoms with van der Waals surface area (Å²) in [7, 11) is 0. The van der Waals surface area contributed by atoms with Gasteiger partial charge in [-0.25, -0.2) is 0 Å². The van der Waals surface area contributed by atoms with Gasteiger partial charge >= 0.3 is 5.97 Å². The molecule has 15 heavy (non-hydrogen) atoms. The number of hydrogen-bond donors (Lipinski definition) is 0. The van der Waals surface area contributed by atoms with Crippen molar-refractivity contribution in [1.29, 1.82) is 0 Å². The number of carbonyl (C=O) groups is 1. The van der Waals surface area contributed by atoms with E-state index in [1.54, 1.807) is 12.4 Å². The number of ether oxygens (including phenoxy) is 1. The van der Waals surface area contributed by atoms with Gasteiger partial charge in [0.2, 0.25) is 0 Å². The van der Waals surface area contributed by atoms with Crippen molar-refractivity contribution in [1.82, 2.24) is 4.98 Å². The number of esters is 1. The molecule has 1 atom stereocenters. The Morgan fingerprint density at radius 1 is 1.47 bits per heavy atom.